The van der Waals surface area contributed by atoms with Crippen molar-refractivity contribution < 1.29 is 0 Å². The van der Waals surface area contributed by atoms with Gasteiger partial charge in [-0.05, 0) is 97.6 Å². The second kappa shape index (κ2) is 6.70. The SMILES string of the molecule is CC(C)c1cnc(C(C)(C)c2cnc(Br)c(C3CC3)c2)c(Br)c1C1CC1. The molecule has 2 saturated carbocycles. The highest BCUT2D eigenvalue weighted by molar-refractivity contribution is 9.10. The fourth-order valence-electron chi connectivity index (χ4n) is 3.82. The zero-order chi connectivity index (χ0) is 18.6. The molecule has 4 rings (SSSR count). The molecule has 26 heavy (non-hydrogen) atoms. The summed E-state index contributed by atoms with van der Waals surface area (Å²) in [6.07, 6.45) is 9.29. The van der Waals surface area contributed by atoms with Gasteiger partial charge in [0.2, 0.25) is 0 Å². The molecule has 0 saturated heterocycles. The second-order valence-electron chi connectivity index (χ2n) is 8.72. The number of pyridine rings is 2. The van der Waals surface area contributed by atoms with Crippen LogP contribution in [0.2, 0.25) is 0 Å². The minimum Gasteiger partial charge on any atom is -0.259 e. The molecule has 138 valence electrons. The van der Waals surface area contributed by atoms with Crippen molar-refractivity contribution in [1.82, 2.24) is 9.97 Å². The highest BCUT2D eigenvalue weighted by Gasteiger charge is 2.36. The van der Waals surface area contributed by atoms with Gasteiger partial charge in [0, 0.05) is 22.3 Å². The van der Waals surface area contributed by atoms with Crippen LogP contribution >= 0.6 is 31.9 Å². The van der Waals surface area contributed by atoms with E-state index in [0.717, 1.165) is 10.3 Å². The third-order valence-corrected chi connectivity index (χ3v) is 7.36. The van der Waals surface area contributed by atoms with E-state index < -0.39 is 0 Å². The Kier molecular flexibility index (Phi) is 4.80. The maximum atomic E-state index is 4.94. The minimum atomic E-state index is -0.185. The largest absolute Gasteiger partial charge is 0.259 e. The van der Waals surface area contributed by atoms with Crippen molar-refractivity contribution in [3.8, 4) is 0 Å². The van der Waals surface area contributed by atoms with Gasteiger partial charge in [-0.15, -0.1) is 0 Å². The Morgan fingerprint density at radius 1 is 1.00 bits per heavy atom. The highest BCUT2D eigenvalue weighted by atomic mass is 79.9. The predicted molar refractivity (Wildman–Crippen MR) is 114 cm³/mol. The van der Waals surface area contributed by atoms with E-state index in [9.17, 15) is 0 Å². The van der Waals surface area contributed by atoms with Crippen LogP contribution in [-0.2, 0) is 5.41 Å². The molecule has 2 aromatic heterocycles. The number of aromatic nitrogens is 2. The average molecular weight is 478 g/mol. The summed E-state index contributed by atoms with van der Waals surface area (Å²) in [6.45, 7) is 9.07. The molecule has 0 spiro atoms. The van der Waals surface area contributed by atoms with Crippen molar-refractivity contribution in [2.45, 2.75) is 76.5 Å². The molecule has 0 amide bonds. The van der Waals surface area contributed by atoms with Crippen LogP contribution in [0, 0.1) is 0 Å². The summed E-state index contributed by atoms with van der Waals surface area (Å²) in [4.78, 5) is 9.60. The number of nitrogens with zero attached hydrogens (tertiary/aromatic N) is 2. The van der Waals surface area contributed by atoms with Crippen molar-refractivity contribution in [3.05, 3.63) is 55.5 Å². The Hall–Kier alpha value is -0.740. The van der Waals surface area contributed by atoms with Crippen LogP contribution in [0.15, 0.2) is 27.5 Å². The van der Waals surface area contributed by atoms with E-state index in [1.165, 1.54) is 52.4 Å². The van der Waals surface area contributed by atoms with Gasteiger partial charge < -0.3 is 0 Å². The highest BCUT2D eigenvalue weighted by Crippen LogP contribution is 2.50. The quantitative estimate of drug-likeness (QED) is 0.425. The normalized spacial score (nSPS) is 17.8. The first-order chi connectivity index (χ1) is 12.3. The summed E-state index contributed by atoms with van der Waals surface area (Å²) in [6, 6.07) is 2.34. The maximum Gasteiger partial charge on any atom is 0.109 e. The first-order valence-corrected chi connectivity index (χ1v) is 11.2. The maximum absolute atomic E-state index is 4.94. The molecule has 2 fully saturated rings. The number of hydrogen-bond donors (Lipinski definition) is 0. The first kappa shape index (κ1) is 18.6. The van der Waals surface area contributed by atoms with E-state index in [-0.39, 0.29) is 5.41 Å². The molecular formula is C22H26Br2N2. The first-order valence-electron chi connectivity index (χ1n) is 9.65. The van der Waals surface area contributed by atoms with Crippen molar-refractivity contribution in [2.75, 3.05) is 0 Å². The van der Waals surface area contributed by atoms with Gasteiger partial charge >= 0.3 is 0 Å². The molecule has 0 radical (unpaired) electrons. The van der Waals surface area contributed by atoms with Crippen molar-refractivity contribution in [1.29, 1.82) is 0 Å². The molecule has 2 aliphatic carbocycles. The third kappa shape index (κ3) is 3.28. The van der Waals surface area contributed by atoms with Crippen LogP contribution in [0.25, 0.3) is 0 Å². The summed E-state index contributed by atoms with van der Waals surface area (Å²) in [5.41, 5.74) is 6.43. The summed E-state index contributed by atoms with van der Waals surface area (Å²) < 4.78 is 2.22. The summed E-state index contributed by atoms with van der Waals surface area (Å²) in [5, 5.41) is 0. The summed E-state index contributed by atoms with van der Waals surface area (Å²) in [5.74, 6) is 1.88. The van der Waals surface area contributed by atoms with Crippen LogP contribution < -0.4 is 0 Å². The van der Waals surface area contributed by atoms with Gasteiger partial charge in [-0.2, -0.15) is 0 Å². The third-order valence-electron chi connectivity index (χ3n) is 5.89. The van der Waals surface area contributed by atoms with Crippen molar-refractivity contribution >= 4 is 31.9 Å². The molecule has 0 atom stereocenters. The van der Waals surface area contributed by atoms with Gasteiger partial charge in [0.25, 0.3) is 0 Å². The van der Waals surface area contributed by atoms with E-state index in [2.05, 4.69) is 76.8 Å². The van der Waals surface area contributed by atoms with Crippen molar-refractivity contribution in [3.63, 3.8) is 0 Å². The molecule has 0 unspecified atom stereocenters. The lowest BCUT2D eigenvalue weighted by Crippen LogP contribution is -2.23. The van der Waals surface area contributed by atoms with E-state index in [4.69, 9.17) is 4.98 Å². The Morgan fingerprint density at radius 2 is 1.65 bits per heavy atom. The molecule has 2 aromatic rings. The zero-order valence-corrected chi connectivity index (χ0v) is 19.1. The van der Waals surface area contributed by atoms with Gasteiger partial charge in [0.05, 0.1) is 5.69 Å². The zero-order valence-electron chi connectivity index (χ0n) is 15.9. The minimum absolute atomic E-state index is 0.185. The van der Waals surface area contributed by atoms with Gasteiger partial charge in [0.15, 0.2) is 0 Å². The van der Waals surface area contributed by atoms with Crippen LogP contribution in [-0.4, -0.2) is 9.97 Å². The number of rotatable bonds is 5. The molecule has 0 bridgehead atoms. The van der Waals surface area contributed by atoms with Gasteiger partial charge in [-0.3, -0.25) is 4.98 Å². The molecule has 0 N–H and O–H groups in total. The van der Waals surface area contributed by atoms with Crippen LogP contribution in [0.4, 0.5) is 0 Å². The van der Waals surface area contributed by atoms with E-state index in [1.807, 2.05) is 6.20 Å². The standard InChI is InChI=1S/C22H26Br2N2/c1-12(2)17-11-25-20(19(23)18(17)14-7-8-14)22(3,4)15-9-16(13-5-6-13)21(24)26-10-15/h9-14H,5-8H2,1-4H3. The lowest BCUT2D eigenvalue weighted by Gasteiger charge is -2.28. The number of halogens is 2. The molecule has 2 aliphatic rings. The average Bonchev–Trinajstić information content (AvgIpc) is 3.46. The van der Waals surface area contributed by atoms with Gasteiger partial charge in [-0.1, -0.05) is 33.8 Å². The smallest absolute Gasteiger partial charge is 0.109 e. The molecule has 2 heterocycles. The van der Waals surface area contributed by atoms with E-state index >= 15 is 0 Å². The summed E-state index contributed by atoms with van der Waals surface area (Å²) >= 11 is 7.59. The van der Waals surface area contributed by atoms with Crippen LogP contribution in [0.5, 0.6) is 0 Å². The molecule has 4 heteroatoms. The van der Waals surface area contributed by atoms with Crippen LogP contribution in [0.3, 0.4) is 0 Å². The fourth-order valence-corrected chi connectivity index (χ4v) is 5.51. The lowest BCUT2D eigenvalue weighted by molar-refractivity contribution is 0.603. The molecular weight excluding hydrogens is 452 g/mol. The van der Waals surface area contributed by atoms with Crippen LogP contribution in [0.1, 0.15) is 99.1 Å². The number of hydrogen-bond acceptors (Lipinski definition) is 2. The second-order valence-corrected chi connectivity index (χ2v) is 10.3. The van der Waals surface area contributed by atoms with E-state index in [0.29, 0.717) is 17.8 Å². The summed E-state index contributed by atoms with van der Waals surface area (Å²) in [7, 11) is 0. The van der Waals surface area contributed by atoms with Crippen molar-refractivity contribution in [2.24, 2.45) is 0 Å². The Bertz CT molecular complexity index is 849. The van der Waals surface area contributed by atoms with Gasteiger partial charge in [-0.25, -0.2) is 4.98 Å². The fraction of sp³-hybridized carbons (Fsp3) is 0.545. The topological polar surface area (TPSA) is 25.8 Å². The molecule has 0 aliphatic heterocycles. The Balaban J connectivity index is 1.81. The van der Waals surface area contributed by atoms with Gasteiger partial charge in [0.1, 0.15) is 4.60 Å². The Labute approximate surface area is 173 Å². The Morgan fingerprint density at radius 3 is 2.23 bits per heavy atom. The molecule has 0 aromatic carbocycles. The predicted octanol–water partition coefficient (Wildman–Crippen LogP) is 7.21. The monoisotopic (exact) mass is 476 g/mol. The molecule has 2 nitrogen and oxygen atoms in total. The van der Waals surface area contributed by atoms with E-state index in [1.54, 1.807) is 0 Å². The lowest BCUT2D eigenvalue weighted by atomic mass is 9.80.